The molecule has 316 valence electrons. The van der Waals surface area contributed by atoms with Crippen molar-refractivity contribution in [2.24, 2.45) is 5.73 Å². The molecule has 10 nitrogen and oxygen atoms in total. The average molecular weight is 802 g/mol. The third-order valence-corrected chi connectivity index (χ3v) is 8.73. The Kier molecular flexibility index (Phi) is 37.5. The molecule has 0 radical (unpaired) electrons. The maximum absolute atomic E-state index is 12.6. The number of allylic oxidation sites excluding steroid dienone is 17. The summed E-state index contributed by atoms with van der Waals surface area (Å²) in [6.07, 6.45) is 48.7. The van der Waals surface area contributed by atoms with Gasteiger partial charge in [-0.1, -0.05) is 136 Å². The third-order valence-electron chi connectivity index (χ3n) is 7.75. The summed E-state index contributed by atoms with van der Waals surface area (Å²) in [4.78, 5) is 34.8. The van der Waals surface area contributed by atoms with Gasteiger partial charge in [-0.25, -0.2) is 4.57 Å². The number of phosphoric ester groups is 1. The van der Waals surface area contributed by atoms with Crippen molar-refractivity contribution in [2.75, 3.05) is 26.4 Å². The molecule has 0 aliphatic carbocycles. The van der Waals surface area contributed by atoms with E-state index in [1.54, 1.807) is 12.2 Å². The van der Waals surface area contributed by atoms with Crippen molar-refractivity contribution in [1.29, 1.82) is 0 Å². The summed E-state index contributed by atoms with van der Waals surface area (Å²) >= 11 is 0. The molecule has 0 heterocycles. The summed E-state index contributed by atoms with van der Waals surface area (Å²) in [5.74, 6) is -1.11. The molecule has 11 heteroatoms. The molecule has 0 saturated heterocycles. The highest BCUT2D eigenvalue weighted by atomic mass is 31.2. The van der Waals surface area contributed by atoms with E-state index in [1.807, 2.05) is 24.3 Å². The fourth-order valence-corrected chi connectivity index (χ4v) is 5.48. The second-order valence-corrected chi connectivity index (χ2v) is 14.4. The summed E-state index contributed by atoms with van der Waals surface area (Å²) in [5, 5.41) is 10.3. The van der Waals surface area contributed by atoms with E-state index in [9.17, 15) is 24.2 Å². The monoisotopic (exact) mass is 801 g/mol. The zero-order valence-corrected chi connectivity index (χ0v) is 35.1. The van der Waals surface area contributed by atoms with Gasteiger partial charge in [0, 0.05) is 19.4 Å². The smallest absolute Gasteiger partial charge is 0.462 e. The van der Waals surface area contributed by atoms with Crippen molar-refractivity contribution in [2.45, 2.75) is 135 Å². The molecule has 0 aromatic heterocycles. The van der Waals surface area contributed by atoms with Crippen LogP contribution in [0.5, 0.6) is 0 Å². The first-order chi connectivity index (χ1) is 27.2. The summed E-state index contributed by atoms with van der Waals surface area (Å²) < 4.78 is 32.5. The Balaban J connectivity index is 4.52. The van der Waals surface area contributed by atoms with E-state index in [0.29, 0.717) is 25.7 Å². The Morgan fingerprint density at radius 2 is 1.18 bits per heavy atom. The second-order valence-electron chi connectivity index (χ2n) is 13.0. The van der Waals surface area contributed by atoms with E-state index < -0.39 is 38.6 Å². The van der Waals surface area contributed by atoms with Gasteiger partial charge in [0.15, 0.2) is 6.10 Å². The van der Waals surface area contributed by atoms with Crippen molar-refractivity contribution < 1.29 is 42.7 Å². The molecule has 3 atom stereocenters. The third kappa shape index (κ3) is 38.9. The number of ether oxygens (including phenoxy) is 2. The van der Waals surface area contributed by atoms with Gasteiger partial charge >= 0.3 is 19.8 Å². The van der Waals surface area contributed by atoms with E-state index in [-0.39, 0.29) is 32.6 Å². The van der Waals surface area contributed by atoms with Crippen LogP contribution in [0.3, 0.4) is 0 Å². The Morgan fingerprint density at radius 3 is 1.75 bits per heavy atom. The Morgan fingerprint density at radius 1 is 0.643 bits per heavy atom. The van der Waals surface area contributed by atoms with Crippen LogP contribution in [0.25, 0.3) is 0 Å². The lowest BCUT2D eigenvalue weighted by atomic mass is 10.1. The lowest BCUT2D eigenvalue weighted by Gasteiger charge is -2.20. The number of hydrogen-bond acceptors (Lipinski definition) is 9. The maximum Gasteiger partial charge on any atom is 0.472 e. The molecule has 0 amide bonds. The first kappa shape index (κ1) is 52.6. The number of esters is 2. The van der Waals surface area contributed by atoms with E-state index >= 15 is 0 Å². The Bertz CT molecular complexity index is 1300. The predicted molar refractivity (Wildman–Crippen MR) is 230 cm³/mol. The lowest BCUT2D eigenvalue weighted by Crippen LogP contribution is -2.29. The summed E-state index contributed by atoms with van der Waals surface area (Å²) in [6.45, 7) is 3.26. The van der Waals surface area contributed by atoms with Crippen LogP contribution in [0, 0.1) is 0 Å². The predicted octanol–water partition coefficient (Wildman–Crippen LogP) is 10.6. The molecule has 0 saturated carbocycles. The van der Waals surface area contributed by atoms with Crippen LogP contribution < -0.4 is 5.73 Å². The van der Waals surface area contributed by atoms with Crippen molar-refractivity contribution in [3.63, 3.8) is 0 Å². The quantitative estimate of drug-likeness (QED) is 0.0183. The molecular weight excluding hydrogens is 729 g/mol. The van der Waals surface area contributed by atoms with Gasteiger partial charge in [-0.15, -0.1) is 0 Å². The zero-order chi connectivity index (χ0) is 41.2. The van der Waals surface area contributed by atoms with Crippen molar-refractivity contribution in [1.82, 2.24) is 0 Å². The fraction of sp³-hybridized carbons (Fsp3) is 0.556. The number of aliphatic hydroxyl groups is 1. The number of carbonyl (C=O) groups excluding carboxylic acids is 2. The highest BCUT2D eigenvalue weighted by Gasteiger charge is 2.26. The fourth-order valence-electron chi connectivity index (χ4n) is 4.71. The van der Waals surface area contributed by atoms with Crippen LogP contribution in [-0.2, 0) is 32.7 Å². The van der Waals surface area contributed by atoms with Gasteiger partial charge in [0.2, 0.25) is 0 Å². The second kappa shape index (κ2) is 39.8. The number of hydrogen-bond donors (Lipinski definition) is 3. The Hall–Kier alpha value is -3.37. The molecule has 0 rings (SSSR count). The average Bonchev–Trinajstić information content (AvgIpc) is 3.18. The summed E-state index contributed by atoms with van der Waals surface area (Å²) in [7, 11) is -4.45. The van der Waals surface area contributed by atoms with Gasteiger partial charge < -0.3 is 25.2 Å². The minimum Gasteiger partial charge on any atom is -0.462 e. The van der Waals surface area contributed by atoms with Crippen molar-refractivity contribution >= 4 is 19.8 Å². The van der Waals surface area contributed by atoms with E-state index in [4.69, 9.17) is 24.3 Å². The Labute approximate surface area is 338 Å². The topological polar surface area (TPSA) is 155 Å². The SMILES string of the molecule is CC/C=C\C/C=C\C/C=C\C/C=C\C/C=C\CCCC(=O)OC[C@H](COP(=O)(O)OCCN)OC(=O)CCC[C@@H](O)/C=C/C=C\C/C=C\C/C=C\CCCCC. The number of nitrogens with two attached hydrogens (primary N) is 1. The van der Waals surface area contributed by atoms with Crippen molar-refractivity contribution in [3.8, 4) is 0 Å². The van der Waals surface area contributed by atoms with Crippen LogP contribution in [-0.4, -0.2) is 60.5 Å². The molecule has 0 spiro atoms. The highest BCUT2D eigenvalue weighted by Crippen LogP contribution is 2.43. The highest BCUT2D eigenvalue weighted by molar-refractivity contribution is 7.47. The minimum absolute atomic E-state index is 0.00952. The molecule has 0 fully saturated rings. The van der Waals surface area contributed by atoms with Gasteiger partial charge in [-0.05, 0) is 83.5 Å². The molecule has 0 bridgehead atoms. The first-order valence-corrected chi connectivity index (χ1v) is 22.0. The number of carbonyl (C=O) groups is 2. The maximum atomic E-state index is 12.6. The van der Waals surface area contributed by atoms with E-state index in [2.05, 4.69) is 86.8 Å². The lowest BCUT2D eigenvalue weighted by molar-refractivity contribution is -0.161. The van der Waals surface area contributed by atoms with Gasteiger partial charge in [-0.3, -0.25) is 18.6 Å². The normalized spacial score (nSPS) is 15.0. The van der Waals surface area contributed by atoms with Crippen molar-refractivity contribution in [3.05, 3.63) is 109 Å². The van der Waals surface area contributed by atoms with E-state index in [1.165, 1.54) is 19.3 Å². The molecule has 1 unspecified atom stereocenters. The van der Waals surface area contributed by atoms with Crippen LogP contribution in [0.1, 0.15) is 123 Å². The molecule has 4 N–H and O–H groups in total. The standard InChI is InChI=1S/C45H72NO9P/c1-3-5-7-9-11-13-15-17-18-19-20-22-24-26-28-30-32-36-44(48)52-40-43(41-54-56(50,51)53-39-38-46)55-45(49)37-33-35-42(47)34-31-29-27-25-23-21-16-14-12-10-8-6-4-2/h5,7,11-14,17-18,20-23,26-29,31,34,42-43,47H,3-4,6,8-10,15-16,19,24-25,30,32-33,35-41,46H2,1-2H3,(H,50,51)/b7-5-,13-11-,14-12-,18-17-,22-20-,23-21-,28-26-,29-27-,34-31+/t42-,43+/m0/s1. The zero-order valence-electron chi connectivity index (χ0n) is 34.2. The van der Waals surface area contributed by atoms with Gasteiger partial charge in [0.25, 0.3) is 0 Å². The first-order valence-electron chi connectivity index (χ1n) is 20.5. The molecule has 0 aliphatic heterocycles. The molecule has 56 heavy (non-hydrogen) atoms. The minimum atomic E-state index is -4.45. The van der Waals surface area contributed by atoms with Crippen LogP contribution in [0.2, 0.25) is 0 Å². The van der Waals surface area contributed by atoms with E-state index in [0.717, 1.165) is 51.4 Å². The number of rotatable bonds is 36. The number of unbranched alkanes of at least 4 members (excludes halogenated alkanes) is 4. The van der Waals surface area contributed by atoms with Crippen LogP contribution in [0.15, 0.2) is 109 Å². The molecule has 0 aromatic rings. The summed E-state index contributed by atoms with van der Waals surface area (Å²) in [6, 6.07) is 0. The van der Waals surface area contributed by atoms with Crippen LogP contribution >= 0.6 is 7.82 Å². The van der Waals surface area contributed by atoms with Gasteiger partial charge in [0.1, 0.15) is 6.61 Å². The van der Waals surface area contributed by atoms with Gasteiger partial charge in [-0.2, -0.15) is 0 Å². The van der Waals surface area contributed by atoms with Crippen LogP contribution in [0.4, 0.5) is 0 Å². The largest absolute Gasteiger partial charge is 0.472 e. The number of aliphatic hydroxyl groups excluding tert-OH is 1. The summed E-state index contributed by atoms with van der Waals surface area (Å²) in [5.41, 5.74) is 5.32. The number of phosphoric acid groups is 1. The molecule has 0 aliphatic rings. The molecular formula is C45H72NO9P. The molecule has 0 aromatic carbocycles. The van der Waals surface area contributed by atoms with Gasteiger partial charge in [0.05, 0.1) is 19.3 Å².